The number of thioether (sulfide) groups is 1. The number of hydrogen-bond donors (Lipinski definition) is 1. The van der Waals surface area contributed by atoms with Gasteiger partial charge in [-0.05, 0) is 5.56 Å². The largest absolute Gasteiger partial charge is 0.388 e. The normalized spacial score (nSPS) is 12.4. The topological polar surface area (TPSA) is 20.2 Å². The van der Waals surface area contributed by atoms with Crippen LogP contribution in [0.3, 0.4) is 0 Å². The molecule has 0 aliphatic rings. The van der Waals surface area contributed by atoms with E-state index in [0.29, 0.717) is 0 Å². The van der Waals surface area contributed by atoms with Crippen LogP contribution in [0.5, 0.6) is 0 Å². The molecule has 13 heavy (non-hydrogen) atoms. The van der Waals surface area contributed by atoms with Crippen molar-refractivity contribution in [2.24, 2.45) is 0 Å². The fourth-order valence-electron chi connectivity index (χ4n) is 1.03. The maximum absolute atomic E-state index is 9.69. The van der Waals surface area contributed by atoms with Crippen molar-refractivity contribution in [3.8, 4) is 0 Å². The Balaban J connectivity index is 2.39. The predicted octanol–water partition coefficient (Wildman–Crippen LogP) is 2.64. The second-order valence-electron chi connectivity index (χ2n) is 2.75. The van der Waals surface area contributed by atoms with E-state index in [4.69, 9.17) is 0 Å². The summed E-state index contributed by atoms with van der Waals surface area (Å²) in [6.07, 6.45) is 1.49. The highest BCUT2D eigenvalue weighted by Gasteiger charge is 2.04. The third-order valence-corrected chi connectivity index (χ3v) is 2.72. The summed E-state index contributed by atoms with van der Waals surface area (Å²) in [4.78, 5) is 0. The molecule has 0 aliphatic carbocycles. The molecule has 1 atom stereocenters. The second kappa shape index (κ2) is 5.84. The average Bonchev–Trinajstić information content (AvgIpc) is 2.19. The predicted molar refractivity (Wildman–Crippen MR) is 58.9 cm³/mol. The number of benzene rings is 1. The number of hydrogen-bond acceptors (Lipinski definition) is 2. The molecule has 0 saturated carbocycles. The lowest BCUT2D eigenvalue weighted by Gasteiger charge is -2.08. The van der Waals surface area contributed by atoms with Gasteiger partial charge in [0.1, 0.15) is 0 Å². The van der Waals surface area contributed by atoms with E-state index in [1.54, 1.807) is 11.8 Å². The van der Waals surface area contributed by atoms with Crippen LogP contribution in [0, 0.1) is 0 Å². The van der Waals surface area contributed by atoms with Crippen LogP contribution in [0.1, 0.15) is 11.7 Å². The summed E-state index contributed by atoms with van der Waals surface area (Å²) in [5, 5.41) is 9.69. The van der Waals surface area contributed by atoms with Gasteiger partial charge in [0.15, 0.2) is 0 Å². The average molecular weight is 194 g/mol. The lowest BCUT2D eigenvalue weighted by atomic mass is 10.1. The zero-order valence-corrected chi connectivity index (χ0v) is 8.33. The van der Waals surface area contributed by atoms with E-state index >= 15 is 0 Å². The van der Waals surface area contributed by atoms with Crippen molar-refractivity contribution in [1.82, 2.24) is 0 Å². The monoisotopic (exact) mass is 194 g/mol. The molecule has 0 amide bonds. The highest BCUT2D eigenvalue weighted by atomic mass is 32.2. The molecule has 1 aromatic carbocycles. The van der Waals surface area contributed by atoms with Gasteiger partial charge in [0.05, 0.1) is 6.10 Å². The minimum atomic E-state index is -0.355. The Labute approximate surface area is 83.5 Å². The lowest BCUT2D eigenvalue weighted by molar-refractivity contribution is 0.204. The van der Waals surface area contributed by atoms with Gasteiger partial charge in [-0.2, -0.15) is 11.8 Å². The third kappa shape index (κ3) is 3.66. The van der Waals surface area contributed by atoms with Crippen LogP contribution in [-0.2, 0) is 0 Å². The summed E-state index contributed by atoms with van der Waals surface area (Å²) in [5.41, 5.74) is 0.985. The molecule has 1 aromatic rings. The van der Waals surface area contributed by atoms with Crippen molar-refractivity contribution < 1.29 is 5.11 Å². The first-order chi connectivity index (χ1) is 6.34. The quantitative estimate of drug-likeness (QED) is 0.574. The van der Waals surface area contributed by atoms with E-state index in [2.05, 4.69) is 6.58 Å². The molecule has 0 aliphatic heterocycles. The van der Waals surface area contributed by atoms with Crippen LogP contribution < -0.4 is 0 Å². The minimum absolute atomic E-state index is 0.355. The minimum Gasteiger partial charge on any atom is -0.388 e. The first-order valence-corrected chi connectivity index (χ1v) is 5.41. The van der Waals surface area contributed by atoms with Gasteiger partial charge in [-0.1, -0.05) is 36.4 Å². The Morgan fingerprint density at radius 2 is 2.08 bits per heavy atom. The Kier molecular flexibility index (Phi) is 4.65. The molecule has 1 unspecified atom stereocenters. The fraction of sp³-hybridized carbons (Fsp3) is 0.273. The molecule has 0 saturated heterocycles. The van der Waals surface area contributed by atoms with E-state index < -0.39 is 0 Å². The smallest absolute Gasteiger partial charge is 0.0880 e. The highest BCUT2D eigenvalue weighted by molar-refractivity contribution is 7.99. The molecular formula is C11H14OS. The van der Waals surface area contributed by atoms with Crippen molar-refractivity contribution in [3.05, 3.63) is 48.6 Å². The lowest BCUT2D eigenvalue weighted by Crippen LogP contribution is -2.00. The van der Waals surface area contributed by atoms with Gasteiger partial charge in [0, 0.05) is 11.5 Å². The first-order valence-electron chi connectivity index (χ1n) is 4.26. The zero-order chi connectivity index (χ0) is 9.52. The molecule has 0 radical (unpaired) electrons. The Morgan fingerprint density at radius 1 is 1.38 bits per heavy atom. The molecule has 2 heteroatoms. The second-order valence-corrected chi connectivity index (χ2v) is 3.83. The molecule has 1 N–H and O–H groups in total. The standard InChI is InChI=1S/C11H14OS/c1-2-8-13-9-11(12)10-6-4-3-5-7-10/h2-7,11-12H,1,8-9H2. The van der Waals surface area contributed by atoms with E-state index in [9.17, 15) is 5.11 Å². The molecular weight excluding hydrogens is 180 g/mol. The SMILES string of the molecule is C=CCSCC(O)c1ccccc1. The Hall–Kier alpha value is -0.730. The van der Waals surface area contributed by atoms with E-state index in [0.717, 1.165) is 17.1 Å². The van der Waals surface area contributed by atoms with Gasteiger partial charge < -0.3 is 5.11 Å². The highest BCUT2D eigenvalue weighted by Crippen LogP contribution is 2.17. The summed E-state index contributed by atoms with van der Waals surface area (Å²) in [5.74, 6) is 1.62. The molecule has 0 fully saturated rings. The number of aliphatic hydroxyl groups is 1. The molecule has 0 aromatic heterocycles. The maximum atomic E-state index is 9.69. The zero-order valence-electron chi connectivity index (χ0n) is 7.52. The van der Waals surface area contributed by atoms with E-state index in [1.165, 1.54) is 0 Å². The van der Waals surface area contributed by atoms with Gasteiger partial charge in [0.2, 0.25) is 0 Å². The van der Waals surface area contributed by atoms with Gasteiger partial charge in [-0.3, -0.25) is 0 Å². The van der Waals surface area contributed by atoms with Gasteiger partial charge in [0.25, 0.3) is 0 Å². The maximum Gasteiger partial charge on any atom is 0.0880 e. The van der Waals surface area contributed by atoms with Crippen molar-refractivity contribution in [3.63, 3.8) is 0 Å². The van der Waals surface area contributed by atoms with Gasteiger partial charge in [-0.15, -0.1) is 6.58 Å². The molecule has 0 bridgehead atoms. The van der Waals surface area contributed by atoms with Crippen LogP contribution in [-0.4, -0.2) is 16.6 Å². The summed E-state index contributed by atoms with van der Waals surface area (Å²) < 4.78 is 0. The van der Waals surface area contributed by atoms with E-state index in [-0.39, 0.29) is 6.10 Å². The Morgan fingerprint density at radius 3 is 2.69 bits per heavy atom. The van der Waals surface area contributed by atoms with Crippen LogP contribution in [0.25, 0.3) is 0 Å². The number of aliphatic hydroxyl groups excluding tert-OH is 1. The van der Waals surface area contributed by atoms with Crippen LogP contribution in [0.2, 0.25) is 0 Å². The fourth-order valence-corrected chi connectivity index (χ4v) is 1.75. The van der Waals surface area contributed by atoms with Crippen LogP contribution in [0.4, 0.5) is 0 Å². The molecule has 1 nitrogen and oxygen atoms in total. The van der Waals surface area contributed by atoms with Crippen molar-refractivity contribution >= 4 is 11.8 Å². The molecule has 0 heterocycles. The van der Waals surface area contributed by atoms with Crippen molar-refractivity contribution in [2.45, 2.75) is 6.10 Å². The van der Waals surface area contributed by atoms with Gasteiger partial charge >= 0.3 is 0 Å². The first kappa shape index (κ1) is 10.4. The van der Waals surface area contributed by atoms with Crippen molar-refractivity contribution in [2.75, 3.05) is 11.5 Å². The Bertz CT molecular complexity index is 246. The summed E-state index contributed by atoms with van der Waals surface area (Å²) >= 11 is 1.69. The third-order valence-electron chi connectivity index (χ3n) is 1.70. The van der Waals surface area contributed by atoms with Crippen LogP contribution >= 0.6 is 11.8 Å². The summed E-state index contributed by atoms with van der Waals surface area (Å²) in [7, 11) is 0. The molecule has 70 valence electrons. The molecule has 1 rings (SSSR count). The van der Waals surface area contributed by atoms with E-state index in [1.807, 2.05) is 36.4 Å². The summed E-state index contributed by atoms with van der Waals surface area (Å²) in [6, 6.07) is 9.72. The number of rotatable bonds is 5. The van der Waals surface area contributed by atoms with Crippen molar-refractivity contribution in [1.29, 1.82) is 0 Å². The molecule has 0 spiro atoms. The van der Waals surface area contributed by atoms with Crippen LogP contribution in [0.15, 0.2) is 43.0 Å². The van der Waals surface area contributed by atoms with Gasteiger partial charge in [-0.25, -0.2) is 0 Å². The summed E-state index contributed by atoms with van der Waals surface area (Å²) in [6.45, 7) is 3.63.